The Morgan fingerprint density at radius 3 is 2.53 bits per heavy atom. The first-order chi connectivity index (χ1) is 9.31. The molecule has 0 spiro atoms. The largest absolute Gasteiger partial charge is 0.507 e. The molecule has 2 aliphatic rings. The second-order valence-corrected chi connectivity index (χ2v) is 5.71. The van der Waals surface area contributed by atoms with Crippen molar-refractivity contribution in [2.45, 2.75) is 44.4 Å². The molecule has 0 saturated carbocycles. The predicted octanol–water partition coefficient (Wildman–Crippen LogP) is 2.75. The van der Waals surface area contributed by atoms with Crippen LogP contribution < -0.4 is 10.1 Å². The number of hydrogen-bond donors (Lipinski definition) is 2. The minimum Gasteiger partial charge on any atom is -0.507 e. The molecule has 0 atom stereocenters. The van der Waals surface area contributed by atoms with Crippen molar-refractivity contribution in [3.8, 4) is 11.5 Å². The van der Waals surface area contributed by atoms with E-state index in [-0.39, 0.29) is 0 Å². The van der Waals surface area contributed by atoms with Gasteiger partial charge in [0.15, 0.2) is 0 Å². The van der Waals surface area contributed by atoms with Crippen molar-refractivity contribution in [2.75, 3.05) is 20.2 Å². The highest BCUT2D eigenvalue weighted by atomic mass is 16.5. The molecule has 1 fully saturated rings. The summed E-state index contributed by atoms with van der Waals surface area (Å²) in [5.74, 6) is 2.02. The van der Waals surface area contributed by atoms with Crippen molar-refractivity contribution >= 4 is 0 Å². The second-order valence-electron chi connectivity index (χ2n) is 5.71. The van der Waals surface area contributed by atoms with Crippen molar-refractivity contribution in [3.63, 3.8) is 0 Å². The van der Waals surface area contributed by atoms with E-state index in [0.717, 1.165) is 55.6 Å². The third-order valence-electron chi connectivity index (χ3n) is 4.61. The van der Waals surface area contributed by atoms with Gasteiger partial charge in [0.2, 0.25) is 0 Å². The van der Waals surface area contributed by atoms with E-state index in [1.165, 1.54) is 18.4 Å². The van der Waals surface area contributed by atoms with Gasteiger partial charge in [-0.3, -0.25) is 0 Å². The molecule has 0 bridgehead atoms. The molecule has 1 aliphatic carbocycles. The highest BCUT2D eigenvalue weighted by Gasteiger charge is 2.25. The average Bonchev–Trinajstić information content (AvgIpc) is 2.49. The number of fused-ring (bicyclic) bond motifs is 1. The quantitative estimate of drug-likeness (QED) is 0.860. The maximum Gasteiger partial charge on any atom is 0.122 e. The Kier molecular flexibility index (Phi) is 3.65. The number of rotatable bonds is 2. The number of aromatic hydroxyl groups is 1. The first-order valence-corrected chi connectivity index (χ1v) is 7.43. The predicted molar refractivity (Wildman–Crippen MR) is 76.1 cm³/mol. The Morgan fingerprint density at radius 1 is 1.16 bits per heavy atom. The smallest absolute Gasteiger partial charge is 0.122 e. The summed E-state index contributed by atoms with van der Waals surface area (Å²) in [4.78, 5) is 0. The van der Waals surface area contributed by atoms with Gasteiger partial charge in [0.1, 0.15) is 11.5 Å². The molecule has 104 valence electrons. The topological polar surface area (TPSA) is 41.5 Å². The molecule has 1 aromatic carbocycles. The minimum absolute atomic E-state index is 0.474. The van der Waals surface area contributed by atoms with E-state index >= 15 is 0 Å². The number of ether oxygens (including phenoxy) is 1. The van der Waals surface area contributed by atoms with Crippen LogP contribution in [0.2, 0.25) is 0 Å². The maximum absolute atomic E-state index is 10.6. The Labute approximate surface area is 115 Å². The van der Waals surface area contributed by atoms with E-state index in [9.17, 15) is 5.11 Å². The van der Waals surface area contributed by atoms with Crippen LogP contribution in [0.3, 0.4) is 0 Å². The van der Waals surface area contributed by atoms with Gasteiger partial charge in [0.05, 0.1) is 7.11 Å². The lowest BCUT2D eigenvalue weighted by molar-refractivity contribution is 0.389. The zero-order valence-corrected chi connectivity index (χ0v) is 11.7. The number of phenols is 1. The lowest BCUT2D eigenvalue weighted by Gasteiger charge is -2.28. The van der Waals surface area contributed by atoms with Gasteiger partial charge in [-0.1, -0.05) is 0 Å². The zero-order chi connectivity index (χ0) is 13.2. The van der Waals surface area contributed by atoms with Crippen molar-refractivity contribution in [2.24, 2.45) is 0 Å². The highest BCUT2D eigenvalue weighted by molar-refractivity contribution is 5.55. The van der Waals surface area contributed by atoms with E-state index in [1.807, 2.05) is 0 Å². The van der Waals surface area contributed by atoms with Crippen LogP contribution in [0.1, 0.15) is 48.3 Å². The van der Waals surface area contributed by atoms with Gasteiger partial charge in [0, 0.05) is 16.7 Å². The third-order valence-corrected chi connectivity index (χ3v) is 4.61. The lowest BCUT2D eigenvalue weighted by Crippen LogP contribution is -2.27. The SMILES string of the molecule is COc1cc(C2CCNCC2)c(O)c2c1CCCC2. The molecule has 3 nitrogen and oxygen atoms in total. The molecule has 2 N–H and O–H groups in total. The van der Waals surface area contributed by atoms with Crippen LogP contribution in [0.25, 0.3) is 0 Å². The number of hydrogen-bond acceptors (Lipinski definition) is 3. The lowest BCUT2D eigenvalue weighted by atomic mass is 9.83. The van der Waals surface area contributed by atoms with Gasteiger partial charge in [-0.25, -0.2) is 0 Å². The van der Waals surface area contributed by atoms with Crippen molar-refractivity contribution in [3.05, 3.63) is 22.8 Å². The van der Waals surface area contributed by atoms with Gasteiger partial charge in [0.25, 0.3) is 0 Å². The summed E-state index contributed by atoms with van der Waals surface area (Å²) < 4.78 is 5.57. The number of phenolic OH excluding ortho intramolecular Hbond substituents is 1. The first kappa shape index (κ1) is 12.8. The Hall–Kier alpha value is -1.22. The van der Waals surface area contributed by atoms with E-state index in [4.69, 9.17) is 4.74 Å². The summed E-state index contributed by atoms with van der Waals surface area (Å²) in [6.45, 7) is 2.09. The molecule has 0 aromatic heterocycles. The molecule has 19 heavy (non-hydrogen) atoms. The van der Waals surface area contributed by atoms with Gasteiger partial charge in [-0.05, 0) is 63.6 Å². The minimum atomic E-state index is 0.474. The average molecular weight is 261 g/mol. The summed E-state index contributed by atoms with van der Waals surface area (Å²) in [6.07, 6.45) is 6.63. The summed E-state index contributed by atoms with van der Waals surface area (Å²) in [7, 11) is 1.74. The first-order valence-electron chi connectivity index (χ1n) is 7.43. The summed E-state index contributed by atoms with van der Waals surface area (Å²) >= 11 is 0. The van der Waals surface area contributed by atoms with Gasteiger partial charge in [-0.15, -0.1) is 0 Å². The fourth-order valence-corrected chi connectivity index (χ4v) is 3.54. The van der Waals surface area contributed by atoms with E-state index in [1.54, 1.807) is 7.11 Å². The fourth-order valence-electron chi connectivity index (χ4n) is 3.54. The van der Waals surface area contributed by atoms with Crippen LogP contribution in [0, 0.1) is 0 Å². The maximum atomic E-state index is 10.6. The van der Waals surface area contributed by atoms with Crippen molar-refractivity contribution in [1.29, 1.82) is 0 Å². The normalized spacial score (nSPS) is 20.1. The van der Waals surface area contributed by atoms with Crippen LogP contribution in [0.5, 0.6) is 11.5 Å². The monoisotopic (exact) mass is 261 g/mol. The zero-order valence-electron chi connectivity index (χ0n) is 11.7. The Morgan fingerprint density at radius 2 is 1.84 bits per heavy atom. The number of nitrogens with one attached hydrogen (secondary N) is 1. The summed E-state index contributed by atoms with van der Waals surface area (Å²) in [5, 5.41) is 14.0. The van der Waals surface area contributed by atoms with Crippen LogP contribution in [0.15, 0.2) is 6.07 Å². The molecule has 1 saturated heterocycles. The van der Waals surface area contributed by atoms with Crippen LogP contribution in [0.4, 0.5) is 0 Å². The summed E-state index contributed by atoms with van der Waals surface area (Å²) in [6, 6.07) is 2.09. The third kappa shape index (κ3) is 2.32. The fraction of sp³-hybridized carbons (Fsp3) is 0.625. The van der Waals surface area contributed by atoms with Gasteiger partial charge in [-0.2, -0.15) is 0 Å². The molecular weight excluding hydrogens is 238 g/mol. The molecule has 0 amide bonds. The Balaban J connectivity index is 2.04. The van der Waals surface area contributed by atoms with Crippen molar-refractivity contribution < 1.29 is 9.84 Å². The van der Waals surface area contributed by atoms with Crippen LogP contribution in [-0.2, 0) is 12.8 Å². The summed E-state index contributed by atoms with van der Waals surface area (Å²) in [5.41, 5.74) is 3.50. The van der Waals surface area contributed by atoms with Crippen molar-refractivity contribution in [1.82, 2.24) is 5.32 Å². The number of methoxy groups -OCH3 is 1. The van der Waals surface area contributed by atoms with Crippen LogP contribution >= 0.6 is 0 Å². The molecule has 0 radical (unpaired) electrons. The Bertz CT molecular complexity index is 464. The molecule has 0 unspecified atom stereocenters. The van der Waals surface area contributed by atoms with E-state index in [0.29, 0.717) is 11.7 Å². The standard InChI is InChI=1S/C16H23NO2/c1-19-15-10-14(11-6-8-17-9-7-11)16(18)13-5-3-2-4-12(13)15/h10-11,17-18H,2-9H2,1H3. The number of benzene rings is 1. The van der Waals surface area contributed by atoms with Crippen LogP contribution in [-0.4, -0.2) is 25.3 Å². The van der Waals surface area contributed by atoms with E-state index in [2.05, 4.69) is 11.4 Å². The molecule has 3 heteroatoms. The van der Waals surface area contributed by atoms with Gasteiger partial charge >= 0.3 is 0 Å². The molecule has 3 rings (SSSR count). The molecule has 1 aromatic rings. The molecule has 1 aliphatic heterocycles. The molecular formula is C16H23NO2. The second kappa shape index (κ2) is 5.41. The van der Waals surface area contributed by atoms with E-state index < -0.39 is 0 Å². The van der Waals surface area contributed by atoms with Gasteiger partial charge < -0.3 is 15.2 Å². The molecule has 1 heterocycles. The number of piperidine rings is 1. The highest BCUT2D eigenvalue weighted by Crippen LogP contribution is 2.42.